The summed E-state index contributed by atoms with van der Waals surface area (Å²) < 4.78 is 29.2. The SMILES string of the molecule is CC(O/N=C/c1ccccc1OC(F)F)C(=O)N(C)C1CCCCC1. The Labute approximate surface area is 146 Å². The summed E-state index contributed by atoms with van der Waals surface area (Å²) in [7, 11) is 1.79. The first kappa shape index (κ1) is 19.1. The lowest BCUT2D eigenvalue weighted by molar-refractivity contribution is -0.144. The molecule has 7 heteroatoms. The number of hydrogen-bond donors (Lipinski definition) is 0. The average molecular weight is 354 g/mol. The maximum absolute atomic E-state index is 12.4. The summed E-state index contributed by atoms with van der Waals surface area (Å²) in [6, 6.07) is 6.49. The van der Waals surface area contributed by atoms with Gasteiger partial charge >= 0.3 is 6.61 Å². The van der Waals surface area contributed by atoms with Gasteiger partial charge in [0.1, 0.15) is 5.75 Å². The molecule has 2 rings (SSSR count). The lowest BCUT2D eigenvalue weighted by Gasteiger charge is -2.32. The lowest BCUT2D eigenvalue weighted by atomic mass is 9.94. The number of carbonyl (C=O) groups is 1. The van der Waals surface area contributed by atoms with Gasteiger partial charge in [0.25, 0.3) is 5.91 Å². The van der Waals surface area contributed by atoms with E-state index in [0.29, 0.717) is 5.56 Å². The van der Waals surface area contributed by atoms with E-state index in [1.54, 1.807) is 37.1 Å². The molecule has 0 aromatic heterocycles. The van der Waals surface area contributed by atoms with Crippen LogP contribution in [0, 0.1) is 0 Å². The van der Waals surface area contributed by atoms with Crippen molar-refractivity contribution in [3.63, 3.8) is 0 Å². The van der Waals surface area contributed by atoms with Crippen molar-refractivity contribution in [2.45, 2.75) is 57.8 Å². The van der Waals surface area contributed by atoms with Crippen LogP contribution in [0.1, 0.15) is 44.6 Å². The molecule has 0 spiro atoms. The first-order valence-electron chi connectivity index (χ1n) is 8.48. The zero-order chi connectivity index (χ0) is 18.2. The number of benzene rings is 1. The van der Waals surface area contributed by atoms with Crippen molar-refractivity contribution in [2.24, 2.45) is 5.16 Å². The highest BCUT2D eigenvalue weighted by Gasteiger charge is 2.26. The van der Waals surface area contributed by atoms with Gasteiger partial charge < -0.3 is 14.5 Å². The van der Waals surface area contributed by atoms with Gasteiger partial charge in [-0.3, -0.25) is 4.79 Å². The first-order valence-corrected chi connectivity index (χ1v) is 8.48. The molecule has 1 saturated carbocycles. The Hall–Kier alpha value is -2.18. The molecule has 0 saturated heterocycles. The molecule has 25 heavy (non-hydrogen) atoms. The van der Waals surface area contributed by atoms with Gasteiger partial charge in [-0.25, -0.2) is 0 Å². The van der Waals surface area contributed by atoms with Crippen molar-refractivity contribution in [1.29, 1.82) is 0 Å². The molecule has 1 aliphatic carbocycles. The van der Waals surface area contributed by atoms with Gasteiger partial charge in [-0.2, -0.15) is 8.78 Å². The molecule has 0 aliphatic heterocycles. The van der Waals surface area contributed by atoms with Gasteiger partial charge in [-0.15, -0.1) is 0 Å². The third-order valence-corrected chi connectivity index (χ3v) is 4.36. The van der Waals surface area contributed by atoms with Crippen LogP contribution in [0.3, 0.4) is 0 Å². The van der Waals surface area contributed by atoms with Gasteiger partial charge in [0.15, 0.2) is 0 Å². The van der Waals surface area contributed by atoms with E-state index in [0.717, 1.165) is 25.7 Å². The Bertz CT molecular complexity index is 589. The molecule has 138 valence electrons. The highest BCUT2D eigenvalue weighted by atomic mass is 19.3. The Morgan fingerprint density at radius 2 is 1.96 bits per heavy atom. The molecule has 0 radical (unpaired) electrons. The minimum atomic E-state index is -2.92. The zero-order valence-corrected chi connectivity index (χ0v) is 14.5. The molecule has 0 bridgehead atoms. The molecular formula is C18H24F2N2O3. The van der Waals surface area contributed by atoms with Crippen LogP contribution in [0.5, 0.6) is 5.75 Å². The van der Waals surface area contributed by atoms with Crippen LogP contribution in [-0.4, -0.2) is 42.8 Å². The summed E-state index contributed by atoms with van der Waals surface area (Å²) >= 11 is 0. The summed E-state index contributed by atoms with van der Waals surface area (Å²) in [5, 5.41) is 3.76. The Kier molecular flexibility index (Phi) is 7.16. The number of halogens is 2. The number of hydrogen-bond acceptors (Lipinski definition) is 4. The normalized spacial score (nSPS) is 16.8. The second-order valence-corrected chi connectivity index (χ2v) is 6.14. The van der Waals surface area contributed by atoms with Crippen molar-refractivity contribution in [3.8, 4) is 5.75 Å². The maximum Gasteiger partial charge on any atom is 0.387 e. The van der Waals surface area contributed by atoms with E-state index < -0.39 is 12.7 Å². The van der Waals surface area contributed by atoms with Crippen LogP contribution in [0.25, 0.3) is 0 Å². The second-order valence-electron chi connectivity index (χ2n) is 6.14. The number of para-hydroxylation sites is 1. The second kappa shape index (κ2) is 9.34. The predicted molar refractivity (Wildman–Crippen MR) is 90.9 cm³/mol. The summed E-state index contributed by atoms with van der Waals surface area (Å²) in [4.78, 5) is 19.3. The number of rotatable bonds is 7. The van der Waals surface area contributed by atoms with Crippen LogP contribution in [0.15, 0.2) is 29.4 Å². The number of nitrogens with zero attached hydrogens (tertiary/aromatic N) is 2. The third kappa shape index (κ3) is 5.69. The van der Waals surface area contributed by atoms with Crippen LogP contribution >= 0.6 is 0 Å². The van der Waals surface area contributed by atoms with Crippen molar-refractivity contribution in [3.05, 3.63) is 29.8 Å². The summed E-state index contributed by atoms with van der Waals surface area (Å²) in [5.41, 5.74) is 0.350. The molecule has 1 aliphatic rings. The largest absolute Gasteiger partial charge is 0.434 e. The first-order chi connectivity index (χ1) is 12.0. The highest BCUT2D eigenvalue weighted by molar-refractivity contribution is 5.83. The quantitative estimate of drug-likeness (QED) is 0.552. The van der Waals surface area contributed by atoms with Crippen LogP contribution in [0.2, 0.25) is 0 Å². The number of alkyl halides is 2. The molecular weight excluding hydrogens is 330 g/mol. The van der Waals surface area contributed by atoms with Crippen molar-refractivity contribution in [2.75, 3.05) is 7.05 Å². The number of carbonyl (C=O) groups excluding carboxylic acids is 1. The van der Waals surface area contributed by atoms with Crippen molar-refractivity contribution >= 4 is 12.1 Å². The number of likely N-dealkylation sites (N-methyl/N-ethyl adjacent to an activating group) is 1. The predicted octanol–water partition coefficient (Wildman–Crippen LogP) is 3.82. The van der Waals surface area contributed by atoms with Crippen LogP contribution < -0.4 is 4.74 Å². The molecule has 1 amide bonds. The maximum atomic E-state index is 12.4. The Morgan fingerprint density at radius 1 is 1.28 bits per heavy atom. The lowest BCUT2D eigenvalue weighted by Crippen LogP contribution is -2.43. The zero-order valence-electron chi connectivity index (χ0n) is 14.5. The molecule has 1 atom stereocenters. The number of oxime groups is 1. The van der Waals surface area contributed by atoms with E-state index in [1.165, 1.54) is 18.7 Å². The third-order valence-electron chi connectivity index (χ3n) is 4.36. The Morgan fingerprint density at radius 3 is 2.64 bits per heavy atom. The van der Waals surface area contributed by atoms with E-state index in [-0.39, 0.29) is 17.7 Å². The fraction of sp³-hybridized carbons (Fsp3) is 0.556. The molecule has 1 aromatic carbocycles. The van der Waals surface area contributed by atoms with Crippen LogP contribution in [0.4, 0.5) is 8.78 Å². The minimum Gasteiger partial charge on any atom is -0.434 e. The van der Waals surface area contributed by atoms with Gasteiger partial charge in [0.2, 0.25) is 6.10 Å². The van der Waals surface area contributed by atoms with Gasteiger partial charge in [-0.05, 0) is 31.9 Å². The molecule has 0 N–H and O–H groups in total. The topological polar surface area (TPSA) is 51.1 Å². The molecule has 0 heterocycles. The molecule has 1 aromatic rings. The smallest absolute Gasteiger partial charge is 0.387 e. The van der Waals surface area contributed by atoms with E-state index in [9.17, 15) is 13.6 Å². The van der Waals surface area contributed by atoms with E-state index >= 15 is 0 Å². The van der Waals surface area contributed by atoms with E-state index in [2.05, 4.69) is 9.89 Å². The average Bonchev–Trinajstić information content (AvgIpc) is 2.62. The summed E-state index contributed by atoms with van der Waals surface area (Å²) in [6.45, 7) is -1.29. The van der Waals surface area contributed by atoms with E-state index in [1.807, 2.05) is 0 Å². The van der Waals surface area contributed by atoms with Gasteiger partial charge in [0.05, 0.1) is 6.21 Å². The molecule has 5 nitrogen and oxygen atoms in total. The fourth-order valence-corrected chi connectivity index (χ4v) is 2.95. The standard InChI is InChI=1S/C18H24F2N2O3/c1-13(17(23)22(2)15-9-4-3-5-10-15)25-21-12-14-8-6-7-11-16(14)24-18(19)20/h6-8,11-13,15,18H,3-5,9-10H2,1-2H3/b21-12+. The Balaban J connectivity index is 1.91. The minimum absolute atomic E-state index is 0.00292. The number of amides is 1. The molecule has 1 unspecified atom stereocenters. The fourth-order valence-electron chi connectivity index (χ4n) is 2.95. The van der Waals surface area contributed by atoms with Gasteiger partial charge in [0, 0.05) is 18.7 Å². The number of ether oxygens (including phenoxy) is 1. The summed E-state index contributed by atoms with van der Waals surface area (Å²) in [5.74, 6) is -0.135. The van der Waals surface area contributed by atoms with Crippen LogP contribution in [-0.2, 0) is 9.63 Å². The summed E-state index contributed by atoms with van der Waals surface area (Å²) in [6.07, 6.45) is 6.03. The van der Waals surface area contributed by atoms with Crippen molar-refractivity contribution < 1.29 is 23.1 Å². The monoisotopic (exact) mass is 354 g/mol. The van der Waals surface area contributed by atoms with Crippen molar-refractivity contribution in [1.82, 2.24) is 4.90 Å². The highest BCUT2D eigenvalue weighted by Crippen LogP contribution is 2.22. The van der Waals surface area contributed by atoms with E-state index in [4.69, 9.17) is 4.84 Å². The molecule has 1 fully saturated rings. The van der Waals surface area contributed by atoms with Gasteiger partial charge in [-0.1, -0.05) is 36.6 Å².